The molecule has 0 N–H and O–H groups in total. The molecule has 0 spiro atoms. The van der Waals surface area contributed by atoms with Crippen molar-refractivity contribution in [1.82, 2.24) is 14.7 Å². The van der Waals surface area contributed by atoms with Crippen molar-refractivity contribution in [2.45, 2.75) is 12.6 Å². The van der Waals surface area contributed by atoms with E-state index in [2.05, 4.69) is 11.2 Å². The summed E-state index contributed by atoms with van der Waals surface area (Å²) in [6.07, 6.45) is 3.58. The lowest BCUT2D eigenvalue weighted by Crippen LogP contribution is -2.26. The number of anilines is 1. The monoisotopic (exact) mass is 295 g/mol. The van der Waals surface area contributed by atoms with Crippen LogP contribution in [0.3, 0.4) is 0 Å². The molecule has 2 heterocycles. The number of nitriles is 1. The van der Waals surface area contributed by atoms with Gasteiger partial charge in [0.15, 0.2) is 0 Å². The molecule has 2 aromatic rings. The van der Waals surface area contributed by atoms with Gasteiger partial charge in [-0.25, -0.2) is 0 Å². The van der Waals surface area contributed by atoms with Crippen LogP contribution in [0.25, 0.3) is 0 Å². The molecule has 0 saturated heterocycles. The average molecular weight is 295 g/mol. The van der Waals surface area contributed by atoms with E-state index in [1.54, 1.807) is 21.8 Å². The Bertz CT molecular complexity index is 771. The highest BCUT2D eigenvalue weighted by atomic mass is 16.2. The third-order valence-corrected chi connectivity index (χ3v) is 3.88. The summed E-state index contributed by atoms with van der Waals surface area (Å²) in [6, 6.07) is 7.33. The van der Waals surface area contributed by atoms with Gasteiger partial charge in [0.05, 0.1) is 18.8 Å². The predicted octanol–water partition coefficient (Wildman–Crippen LogP) is 1.71. The maximum absolute atomic E-state index is 12.6. The van der Waals surface area contributed by atoms with Crippen molar-refractivity contribution < 1.29 is 4.79 Å². The van der Waals surface area contributed by atoms with Crippen LogP contribution in [-0.2, 0) is 13.6 Å². The van der Waals surface area contributed by atoms with E-state index in [9.17, 15) is 10.1 Å². The van der Waals surface area contributed by atoms with E-state index < -0.39 is 6.04 Å². The lowest BCUT2D eigenvalue weighted by molar-refractivity contribution is 0.0744. The van der Waals surface area contributed by atoms with Crippen LogP contribution in [0.4, 0.5) is 5.69 Å². The van der Waals surface area contributed by atoms with Crippen LogP contribution in [0.15, 0.2) is 30.6 Å². The van der Waals surface area contributed by atoms with E-state index in [-0.39, 0.29) is 5.91 Å². The van der Waals surface area contributed by atoms with Crippen molar-refractivity contribution in [3.05, 3.63) is 47.3 Å². The van der Waals surface area contributed by atoms with Crippen molar-refractivity contribution in [1.29, 1.82) is 5.26 Å². The molecule has 6 heteroatoms. The van der Waals surface area contributed by atoms with E-state index in [1.807, 2.05) is 44.4 Å². The Balaban J connectivity index is 1.97. The van der Waals surface area contributed by atoms with Crippen molar-refractivity contribution in [2.24, 2.45) is 7.05 Å². The van der Waals surface area contributed by atoms with E-state index in [0.717, 1.165) is 16.8 Å². The van der Waals surface area contributed by atoms with Gasteiger partial charge >= 0.3 is 0 Å². The Kier molecular flexibility index (Phi) is 3.33. The summed E-state index contributed by atoms with van der Waals surface area (Å²) in [6.45, 7) is 0.386. The van der Waals surface area contributed by atoms with Gasteiger partial charge in [0.2, 0.25) is 0 Å². The SMILES string of the molecule is CN(C)c1ccc2c(c1)C(C#N)N(Cc1cnn(C)c1)C2=O. The molecule has 1 aliphatic rings. The quantitative estimate of drug-likeness (QED) is 0.864. The fourth-order valence-electron chi connectivity index (χ4n) is 2.74. The smallest absolute Gasteiger partial charge is 0.255 e. The van der Waals surface area contributed by atoms with Gasteiger partial charge in [-0.3, -0.25) is 9.48 Å². The van der Waals surface area contributed by atoms with Gasteiger partial charge in [0, 0.05) is 49.7 Å². The summed E-state index contributed by atoms with van der Waals surface area (Å²) in [4.78, 5) is 16.2. The third-order valence-electron chi connectivity index (χ3n) is 3.88. The third kappa shape index (κ3) is 2.21. The summed E-state index contributed by atoms with van der Waals surface area (Å²) < 4.78 is 1.69. The number of hydrogen-bond acceptors (Lipinski definition) is 4. The van der Waals surface area contributed by atoms with Gasteiger partial charge in [-0.05, 0) is 18.2 Å². The number of rotatable bonds is 3. The number of nitrogens with zero attached hydrogens (tertiary/aromatic N) is 5. The zero-order valence-electron chi connectivity index (χ0n) is 12.8. The maximum atomic E-state index is 12.6. The fourth-order valence-corrected chi connectivity index (χ4v) is 2.74. The van der Waals surface area contributed by atoms with Crippen molar-refractivity contribution in [3.63, 3.8) is 0 Å². The van der Waals surface area contributed by atoms with Crippen LogP contribution in [0.2, 0.25) is 0 Å². The average Bonchev–Trinajstić information content (AvgIpc) is 3.01. The zero-order valence-corrected chi connectivity index (χ0v) is 12.8. The van der Waals surface area contributed by atoms with Gasteiger partial charge in [-0.2, -0.15) is 10.4 Å². The number of carbonyl (C=O) groups excluding carboxylic acids is 1. The molecule has 1 unspecified atom stereocenters. The summed E-state index contributed by atoms with van der Waals surface area (Å²) in [5.41, 5.74) is 3.29. The normalized spacial score (nSPS) is 16.5. The van der Waals surface area contributed by atoms with Crippen molar-refractivity contribution in [2.75, 3.05) is 19.0 Å². The lowest BCUT2D eigenvalue weighted by atomic mass is 10.0. The van der Waals surface area contributed by atoms with Crippen LogP contribution in [0.1, 0.15) is 27.5 Å². The first-order chi connectivity index (χ1) is 10.5. The standard InChI is InChI=1S/C16H17N5O/c1-19(2)12-4-5-13-14(6-12)15(7-17)21(16(13)22)10-11-8-18-20(3)9-11/h4-6,8-9,15H,10H2,1-3H3. The number of hydrogen-bond donors (Lipinski definition) is 0. The molecular weight excluding hydrogens is 278 g/mol. The van der Waals surface area contributed by atoms with E-state index in [4.69, 9.17) is 0 Å². The number of benzene rings is 1. The number of fused-ring (bicyclic) bond motifs is 1. The Morgan fingerprint density at radius 3 is 2.77 bits per heavy atom. The summed E-state index contributed by atoms with van der Waals surface area (Å²) in [7, 11) is 5.70. The lowest BCUT2D eigenvalue weighted by Gasteiger charge is -2.19. The number of aromatic nitrogens is 2. The highest BCUT2D eigenvalue weighted by molar-refractivity contribution is 6.00. The number of carbonyl (C=O) groups is 1. The molecule has 1 aromatic heterocycles. The van der Waals surface area contributed by atoms with Crippen LogP contribution < -0.4 is 4.90 Å². The van der Waals surface area contributed by atoms with E-state index >= 15 is 0 Å². The van der Waals surface area contributed by atoms with Gasteiger partial charge in [0.1, 0.15) is 6.04 Å². The van der Waals surface area contributed by atoms with E-state index in [0.29, 0.717) is 12.1 Å². The van der Waals surface area contributed by atoms with Gasteiger partial charge in [0.25, 0.3) is 5.91 Å². The molecular formula is C16H17N5O. The summed E-state index contributed by atoms with van der Waals surface area (Å²) >= 11 is 0. The molecule has 0 aliphatic carbocycles. The Labute approximate surface area is 129 Å². The van der Waals surface area contributed by atoms with E-state index in [1.165, 1.54) is 0 Å². The second-order valence-corrected chi connectivity index (χ2v) is 5.65. The molecule has 0 radical (unpaired) electrons. The highest BCUT2D eigenvalue weighted by Gasteiger charge is 2.37. The molecule has 1 amide bonds. The molecule has 0 saturated carbocycles. The molecule has 6 nitrogen and oxygen atoms in total. The molecule has 1 aromatic carbocycles. The van der Waals surface area contributed by atoms with Crippen LogP contribution in [0, 0.1) is 11.3 Å². The fraction of sp³-hybridized carbons (Fsp3) is 0.312. The molecule has 3 rings (SSSR count). The summed E-state index contributed by atoms with van der Waals surface area (Å²) in [5, 5.41) is 13.6. The Hall–Kier alpha value is -2.81. The van der Waals surface area contributed by atoms with Crippen molar-refractivity contribution >= 4 is 11.6 Å². The summed E-state index contributed by atoms with van der Waals surface area (Å²) in [5.74, 6) is -0.101. The van der Waals surface area contributed by atoms with Crippen LogP contribution >= 0.6 is 0 Å². The zero-order chi connectivity index (χ0) is 15.9. The topological polar surface area (TPSA) is 65.2 Å². The second-order valence-electron chi connectivity index (χ2n) is 5.65. The predicted molar refractivity (Wildman–Crippen MR) is 82.2 cm³/mol. The molecule has 22 heavy (non-hydrogen) atoms. The van der Waals surface area contributed by atoms with Crippen LogP contribution in [0.5, 0.6) is 0 Å². The molecule has 112 valence electrons. The molecule has 1 aliphatic heterocycles. The van der Waals surface area contributed by atoms with Crippen LogP contribution in [-0.4, -0.2) is 34.7 Å². The highest BCUT2D eigenvalue weighted by Crippen LogP contribution is 2.36. The first kappa shape index (κ1) is 14.1. The minimum atomic E-state index is -0.553. The van der Waals surface area contributed by atoms with Crippen molar-refractivity contribution in [3.8, 4) is 6.07 Å². The second kappa shape index (κ2) is 5.19. The minimum Gasteiger partial charge on any atom is -0.378 e. The number of aryl methyl sites for hydroxylation is 1. The Morgan fingerprint density at radius 1 is 1.41 bits per heavy atom. The van der Waals surface area contributed by atoms with Gasteiger partial charge in [-0.15, -0.1) is 0 Å². The Morgan fingerprint density at radius 2 is 2.18 bits per heavy atom. The molecule has 0 fully saturated rings. The molecule has 1 atom stereocenters. The van der Waals surface area contributed by atoms with Gasteiger partial charge < -0.3 is 9.80 Å². The van der Waals surface area contributed by atoms with Gasteiger partial charge in [-0.1, -0.05) is 0 Å². The minimum absolute atomic E-state index is 0.101. The first-order valence-corrected chi connectivity index (χ1v) is 7.00. The first-order valence-electron chi connectivity index (χ1n) is 7.00. The largest absolute Gasteiger partial charge is 0.378 e. The molecule has 0 bridgehead atoms. The maximum Gasteiger partial charge on any atom is 0.255 e. The number of amides is 1.